The van der Waals surface area contributed by atoms with E-state index in [2.05, 4.69) is 20.0 Å². The van der Waals surface area contributed by atoms with Gasteiger partial charge in [-0.1, -0.05) is 18.2 Å². The fraction of sp³-hybridized carbons (Fsp3) is 0.421. The normalized spacial score (nSPS) is 18.7. The summed E-state index contributed by atoms with van der Waals surface area (Å²) >= 11 is 0. The fourth-order valence-electron chi connectivity index (χ4n) is 4.75. The zero-order chi connectivity index (χ0) is 21.8. The number of nitrogens with two attached hydrogens (primary N) is 1. The minimum Gasteiger partial charge on any atom is -0.355 e. The first-order chi connectivity index (χ1) is 14.8. The van der Waals surface area contributed by atoms with Crippen molar-refractivity contribution in [2.24, 2.45) is 10.6 Å². The van der Waals surface area contributed by atoms with Crippen LogP contribution in [-0.4, -0.2) is 64.6 Å². The Morgan fingerprint density at radius 1 is 1.19 bits per heavy atom. The topological polar surface area (TPSA) is 110 Å². The van der Waals surface area contributed by atoms with Gasteiger partial charge in [0.2, 0.25) is 0 Å². The smallest absolute Gasteiger partial charge is 0.277 e. The molecule has 9 nitrogen and oxygen atoms in total. The van der Waals surface area contributed by atoms with Crippen LogP contribution < -0.4 is 10.0 Å². The van der Waals surface area contributed by atoms with Gasteiger partial charge in [-0.15, -0.1) is 0 Å². The molecule has 0 atom stereocenters. The van der Waals surface area contributed by atoms with E-state index in [0.717, 1.165) is 21.2 Å². The molecule has 3 aromatic rings. The highest BCUT2D eigenvalue weighted by Crippen LogP contribution is 2.52. The van der Waals surface area contributed by atoms with Gasteiger partial charge in [-0.2, -0.15) is 17.8 Å². The van der Waals surface area contributed by atoms with Crippen LogP contribution in [0.3, 0.4) is 0 Å². The minimum atomic E-state index is -4.16. The minimum absolute atomic E-state index is 0.109. The molecule has 1 saturated carbocycles. The van der Waals surface area contributed by atoms with Crippen molar-refractivity contribution in [1.82, 2.24) is 24.1 Å². The highest BCUT2D eigenvalue weighted by atomic mass is 32.2. The molecule has 0 unspecified atom stereocenters. The average molecular weight is 449 g/mol. The zero-order valence-corrected chi connectivity index (χ0v) is 17.3. The van der Waals surface area contributed by atoms with Crippen LogP contribution in [0.15, 0.2) is 42.9 Å². The van der Waals surface area contributed by atoms with Crippen molar-refractivity contribution >= 4 is 27.1 Å². The van der Waals surface area contributed by atoms with Crippen molar-refractivity contribution in [3.05, 3.63) is 42.9 Å². The molecule has 1 spiro atoms. The van der Waals surface area contributed by atoms with Crippen LogP contribution in [0.25, 0.3) is 16.7 Å². The van der Waals surface area contributed by atoms with E-state index in [-0.39, 0.29) is 5.41 Å². The summed E-state index contributed by atoms with van der Waals surface area (Å²) in [6, 6.07) is 9.18. The van der Waals surface area contributed by atoms with Gasteiger partial charge in [0.25, 0.3) is 16.6 Å². The molecule has 164 valence electrons. The van der Waals surface area contributed by atoms with Crippen LogP contribution in [0.5, 0.6) is 0 Å². The van der Waals surface area contributed by atoms with Gasteiger partial charge in [0, 0.05) is 24.5 Å². The van der Waals surface area contributed by atoms with Gasteiger partial charge >= 0.3 is 0 Å². The molecule has 1 aromatic carbocycles. The summed E-state index contributed by atoms with van der Waals surface area (Å²) in [6.07, 6.45) is 1.48. The predicted octanol–water partition coefficient (Wildman–Crippen LogP) is 1.55. The number of fused-ring (bicyclic) bond motifs is 1. The van der Waals surface area contributed by atoms with E-state index < -0.39 is 29.2 Å². The lowest BCUT2D eigenvalue weighted by Gasteiger charge is -2.60. The third-order valence-corrected chi connectivity index (χ3v) is 7.19. The molecule has 2 N–H and O–H groups in total. The van der Waals surface area contributed by atoms with Gasteiger partial charge in [-0.3, -0.25) is 0 Å². The SMILES string of the molecule is NS(=O)(=O)N(CC(F)F)C1CC2(C1)CN(c1ncnc3c1cnn3-c1ccccc1)C2. The van der Waals surface area contributed by atoms with Crippen molar-refractivity contribution < 1.29 is 17.2 Å². The van der Waals surface area contributed by atoms with Gasteiger partial charge in [0.1, 0.15) is 12.1 Å². The predicted molar refractivity (Wildman–Crippen MR) is 110 cm³/mol. The average Bonchev–Trinajstić information content (AvgIpc) is 3.09. The van der Waals surface area contributed by atoms with E-state index in [1.807, 2.05) is 30.3 Å². The Balaban J connectivity index is 1.31. The van der Waals surface area contributed by atoms with E-state index in [9.17, 15) is 17.2 Å². The summed E-state index contributed by atoms with van der Waals surface area (Å²) in [7, 11) is -4.16. The summed E-state index contributed by atoms with van der Waals surface area (Å²) < 4.78 is 51.5. The Bertz CT molecular complexity index is 1200. The molecule has 12 heteroatoms. The number of anilines is 1. The maximum Gasteiger partial charge on any atom is 0.277 e. The Kier molecular flexibility index (Phi) is 4.68. The van der Waals surface area contributed by atoms with Gasteiger partial charge in [0.05, 0.1) is 23.8 Å². The number of alkyl halides is 2. The van der Waals surface area contributed by atoms with Crippen LogP contribution in [0.4, 0.5) is 14.6 Å². The monoisotopic (exact) mass is 449 g/mol. The van der Waals surface area contributed by atoms with Crippen molar-refractivity contribution in [1.29, 1.82) is 0 Å². The van der Waals surface area contributed by atoms with E-state index in [1.54, 1.807) is 10.9 Å². The second-order valence-corrected chi connectivity index (χ2v) is 9.75. The van der Waals surface area contributed by atoms with Crippen LogP contribution >= 0.6 is 0 Å². The summed E-state index contributed by atoms with van der Waals surface area (Å²) in [5, 5.41) is 10.4. The number of hydrogen-bond donors (Lipinski definition) is 1. The number of aromatic nitrogens is 4. The first-order valence-corrected chi connectivity index (χ1v) is 11.3. The Morgan fingerprint density at radius 3 is 2.55 bits per heavy atom. The third kappa shape index (κ3) is 3.54. The third-order valence-electron chi connectivity index (χ3n) is 6.09. The summed E-state index contributed by atoms with van der Waals surface area (Å²) in [6.45, 7) is 0.465. The van der Waals surface area contributed by atoms with Crippen LogP contribution in [0, 0.1) is 5.41 Å². The number of hydrogen-bond acceptors (Lipinski definition) is 6. The molecule has 2 aromatic heterocycles. The molecule has 2 aliphatic rings. The molecule has 2 fully saturated rings. The number of nitrogens with zero attached hydrogens (tertiary/aromatic N) is 6. The number of para-hydroxylation sites is 1. The van der Waals surface area contributed by atoms with Crippen molar-refractivity contribution in [3.63, 3.8) is 0 Å². The number of rotatable bonds is 6. The molecular weight excluding hydrogens is 428 g/mol. The van der Waals surface area contributed by atoms with Crippen molar-refractivity contribution in [2.45, 2.75) is 25.3 Å². The van der Waals surface area contributed by atoms with Gasteiger partial charge < -0.3 is 4.90 Å². The van der Waals surface area contributed by atoms with Gasteiger partial charge in [0.15, 0.2) is 5.65 Å². The molecule has 5 rings (SSSR count). The second-order valence-electron chi connectivity index (χ2n) is 8.25. The second kappa shape index (κ2) is 7.18. The molecule has 1 saturated heterocycles. The van der Waals surface area contributed by atoms with Gasteiger partial charge in [-0.25, -0.2) is 28.6 Å². The Morgan fingerprint density at radius 2 is 1.90 bits per heavy atom. The van der Waals surface area contributed by atoms with Crippen LogP contribution in [0.1, 0.15) is 12.8 Å². The molecule has 0 radical (unpaired) electrons. The standard InChI is InChI=1S/C19H21F2N7O2S/c20-16(21)9-27(31(22,29)30)14-6-19(7-14)10-26(11-19)17-15-8-25-28(18(15)24-12-23-17)13-4-2-1-3-5-13/h1-5,8,12,14,16H,6-7,9-11H2,(H2,22,29,30). The maximum atomic E-state index is 12.8. The first kappa shape index (κ1) is 20.2. The van der Waals surface area contributed by atoms with E-state index >= 15 is 0 Å². The van der Waals surface area contributed by atoms with Crippen molar-refractivity contribution in [3.8, 4) is 5.69 Å². The Hall–Kier alpha value is -2.70. The molecule has 1 aliphatic heterocycles. The number of benzene rings is 1. The molecule has 3 heterocycles. The lowest BCUT2D eigenvalue weighted by molar-refractivity contribution is -0.00435. The lowest BCUT2D eigenvalue weighted by Crippen LogP contribution is -2.68. The number of halogens is 2. The fourth-order valence-corrected chi connectivity index (χ4v) is 5.64. The zero-order valence-electron chi connectivity index (χ0n) is 16.5. The lowest BCUT2D eigenvalue weighted by atomic mass is 9.60. The van der Waals surface area contributed by atoms with E-state index in [1.165, 1.54) is 6.33 Å². The highest BCUT2D eigenvalue weighted by molar-refractivity contribution is 7.86. The summed E-state index contributed by atoms with van der Waals surface area (Å²) in [5.41, 5.74) is 1.48. The largest absolute Gasteiger partial charge is 0.355 e. The van der Waals surface area contributed by atoms with Crippen LogP contribution in [0.2, 0.25) is 0 Å². The first-order valence-electron chi connectivity index (χ1n) is 9.83. The van der Waals surface area contributed by atoms with Crippen LogP contribution in [-0.2, 0) is 10.2 Å². The summed E-state index contributed by atoms with van der Waals surface area (Å²) in [4.78, 5) is 10.9. The molecule has 0 amide bonds. The van der Waals surface area contributed by atoms with E-state index in [0.29, 0.717) is 31.6 Å². The molecular formula is C19H21F2N7O2S. The molecule has 31 heavy (non-hydrogen) atoms. The maximum absolute atomic E-state index is 12.8. The summed E-state index contributed by atoms with van der Waals surface area (Å²) in [5.74, 6) is 0.761. The highest BCUT2D eigenvalue weighted by Gasteiger charge is 2.56. The molecule has 0 bridgehead atoms. The van der Waals surface area contributed by atoms with E-state index in [4.69, 9.17) is 5.14 Å². The van der Waals surface area contributed by atoms with Gasteiger partial charge in [-0.05, 0) is 25.0 Å². The quantitative estimate of drug-likeness (QED) is 0.612. The molecule has 1 aliphatic carbocycles. The Labute approximate surface area is 177 Å². The van der Waals surface area contributed by atoms with Crippen molar-refractivity contribution in [2.75, 3.05) is 24.5 Å².